The molecule has 148 valence electrons. The summed E-state index contributed by atoms with van der Waals surface area (Å²) in [6.45, 7) is 2.31. The zero-order valence-electron chi connectivity index (χ0n) is 16.1. The third-order valence-corrected chi connectivity index (χ3v) is 5.64. The van der Waals surface area contributed by atoms with Crippen molar-refractivity contribution in [2.45, 2.75) is 25.2 Å². The number of aromatic nitrogens is 4. The Hall–Kier alpha value is -3.06. The minimum absolute atomic E-state index is 0.244. The van der Waals surface area contributed by atoms with Crippen molar-refractivity contribution in [2.24, 2.45) is 5.73 Å². The average molecular weight is 390 g/mol. The number of benzene rings is 2. The molecule has 2 aromatic carbocycles. The van der Waals surface area contributed by atoms with E-state index in [1.807, 2.05) is 18.2 Å². The lowest BCUT2D eigenvalue weighted by Crippen LogP contribution is -2.34. The van der Waals surface area contributed by atoms with E-state index in [0.29, 0.717) is 18.9 Å². The summed E-state index contributed by atoms with van der Waals surface area (Å²) >= 11 is 0. The largest absolute Gasteiger partial charge is 0.356 e. The first kappa shape index (κ1) is 18.0. The first-order valence-electron chi connectivity index (χ1n) is 10.1. The molecule has 3 N–H and O–H groups in total. The van der Waals surface area contributed by atoms with Gasteiger partial charge in [-0.05, 0) is 49.7 Å². The predicted molar refractivity (Wildman–Crippen MR) is 113 cm³/mol. The normalized spacial score (nSPS) is 15.4. The highest BCUT2D eigenvalue weighted by molar-refractivity contribution is 5.89. The van der Waals surface area contributed by atoms with Crippen molar-refractivity contribution in [3.8, 4) is 0 Å². The van der Waals surface area contributed by atoms with Gasteiger partial charge in [0.05, 0.1) is 16.6 Å². The van der Waals surface area contributed by atoms with Gasteiger partial charge < -0.3 is 15.6 Å². The Labute approximate surface area is 168 Å². The second-order valence-electron chi connectivity index (χ2n) is 7.56. The first-order valence-corrected chi connectivity index (χ1v) is 10.1. The minimum atomic E-state index is -0.244. The number of nitrogens with zero attached hydrogens (tertiary/aromatic N) is 4. The summed E-state index contributed by atoms with van der Waals surface area (Å²) in [5.74, 6) is 2.82. The number of para-hydroxylation sites is 1. The molecular weight excluding hydrogens is 367 g/mol. The van der Waals surface area contributed by atoms with Crippen molar-refractivity contribution < 1.29 is 4.39 Å². The van der Waals surface area contributed by atoms with Gasteiger partial charge in [0.2, 0.25) is 0 Å². The quantitative estimate of drug-likeness (QED) is 0.557. The van der Waals surface area contributed by atoms with Gasteiger partial charge in [-0.1, -0.05) is 12.1 Å². The van der Waals surface area contributed by atoms with Crippen LogP contribution in [0.1, 0.15) is 30.4 Å². The van der Waals surface area contributed by atoms with Crippen LogP contribution in [0, 0.1) is 5.82 Å². The van der Waals surface area contributed by atoms with Crippen LogP contribution in [0.3, 0.4) is 0 Å². The van der Waals surface area contributed by atoms with E-state index in [9.17, 15) is 4.39 Å². The predicted octanol–water partition coefficient (Wildman–Crippen LogP) is 3.53. The second kappa shape index (κ2) is 7.40. The van der Waals surface area contributed by atoms with Crippen molar-refractivity contribution in [3.63, 3.8) is 0 Å². The highest BCUT2D eigenvalue weighted by atomic mass is 19.1. The van der Waals surface area contributed by atoms with Crippen LogP contribution in [0.2, 0.25) is 0 Å². The molecule has 5 rings (SSSR count). The van der Waals surface area contributed by atoms with E-state index in [1.54, 1.807) is 6.07 Å². The topological polar surface area (TPSA) is 83.7 Å². The summed E-state index contributed by atoms with van der Waals surface area (Å²) in [4.78, 5) is 19.8. The van der Waals surface area contributed by atoms with E-state index < -0.39 is 0 Å². The minimum Gasteiger partial charge on any atom is -0.356 e. The third-order valence-electron chi connectivity index (χ3n) is 5.64. The molecule has 0 bridgehead atoms. The van der Waals surface area contributed by atoms with Crippen LogP contribution in [0.5, 0.6) is 0 Å². The van der Waals surface area contributed by atoms with Crippen LogP contribution < -0.4 is 10.6 Å². The molecule has 0 aliphatic carbocycles. The molecule has 1 aliphatic rings. The van der Waals surface area contributed by atoms with Crippen LogP contribution in [0.4, 0.5) is 10.2 Å². The Kier molecular flexibility index (Phi) is 4.60. The fourth-order valence-electron chi connectivity index (χ4n) is 4.15. The van der Waals surface area contributed by atoms with Crippen LogP contribution in [-0.2, 0) is 6.42 Å². The number of aromatic amines is 1. The van der Waals surface area contributed by atoms with Crippen molar-refractivity contribution in [3.05, 3.63) is 59.9 Å². The second-order valence-corrected chi connectivity index (χ2v) is 7.56. The van der Waals surface area contributed by atoms with Crippen LogP contribution in [0.25, 0.3) is 21.9 Å². The van der Waals surface area contributed by atoms with Gasteiger partial charge in [0, 0.05) is 30.8 Å². The highest BCUT2D eigenvalue weighted by Gasteiger charge is 2.25. The Bertz CT molecular complexity index is 1160. The monoisotopic (exact) mass is 390 g/mol. The number of rotatable bonds is 4. The molecule has 4 aromatic rings. The highest BCUT2D eigenvalue weighted by Crippen LogP contribution is 2.32. The maximum atomic E-state index is 13.5. The van der Waals surface area contributed by atoms with Crippen LogP contribution >= 0.6 is 0 Å². The molecule has 0 radical (unpaired) electrons. The van der Waals surface area contributed by atoms with Crippen molar-refractivity contribution >= 4 is 27.8 Å². The number of H-pyrrole nitrogens is 1. The van der Waals surface area contributed by atoms with Gasteiger partial charge in [-0.2, -0.15) is 0 Å². The molecule has 0 saturated carbocycles. The van der Waals surface area contributed by atoms with Gasteiger partial charge in [0.15, 0.2) is 0 Å². The van der Waals surface area contributed by atoms with Gasteiger partial charge in [0.1, 0.15) is 23.3 Å². The zero-order valence-corrected chi connectivity index (χ0v) is 16.1. The Morgan fingerprint density at radius 1 is 1.03 bits per heavy atom. The number of hydrogen-bond acceptors (Lipinski definition) is 5. The Balaban J connectivity index is 1.40. The maximum Gasteiger partial charge on any atom is 0.140 e. The number of imidazole rings is 1. The molecule has 3 heterocycles. The molecule has 0 spiro atoms. The zero-order chi connectivity index (χ0) is 19.8. The standard InChI is InChI=1S/C22H23FN6/c23-15-5-6-18-19(13-15)27-21(26-18)14-8-11-29(12-9-14)22-16-3-1-2-4-17(16)25-20(28-22)7-10-24/h1-6,13-14H,7-12,24H2,(H,26,27). The van der Waals surface area contributed by atoms with E-state index in [0.717, 1.165) is 65.3 Å². The lowest BCUT2D eigenvalue weighted by Gasteiger charge is -2.32. The Morgan fingerprint density at radius 3 is 2.69 bits per heavy atom. The summed E-state index contributed by atoms with van der Waals surface area (Å²) < 4.78 is 13.5. The van der Waals surface area contributed by atoms with E-state index in [-0.39, 0.29) is 5.82 Å². The smallest absolute Gasteiger partial charge is 0.140 e. The van der Waals surface area contributed by atoms with Crippen LogP contribution in [0.15, 0.2) is 42.5 Å². The van der Waals surface area contributed by atoms with Gasteiger partial charge in [-0.3, -0.25) is 0 Å². The maximum absolute atomic E-state index is 13.5. The van der Waals surface area contributed by atoms with Gasteiger partial charge in [0.25, 0.3) is 0 Å². The fourth-order valence-corrected chi connectivity index (χ4v) is 4.15. The molecule has 1 aliphatic heterocycles. The Morgan fingerprint density at radius 2 is 1.86 bits per heavy atom. The third kappa shape index (κ3) is 3.42. The summed E-state index contributed by atoms with van der Waals surface area (Å²) in [6, 6.07) is 12.8. The molecule has 0 amide bonds. The number of fused-ring (bicyclic) bond motifs is 2. The molecule has 1 saturated heterocycles. The van der Waals surface area contributed by atoms with E-state index in [2.05, 4.69) is 25.9 Å². The number of hydrogen-bond donors (Lipinski definition) is 2. The number of nitrogens with two attached hydrogens (primary N) is 1. The van der Waals surface area contributed by atoms with E-state index in [1.165, 1.54) is 12.1 Å². The molecule has 2 aromatic heterocycles. The lowest BCUT2D eigenvalue weighted by molar-refractivity contribution is 0.487. The number of piperidine rings is 1. The summed E-state index contributed by atoms with van der Waals surface area (Å²) in [5.41, 5.74) is 8.27. The van der Waals surface area contributed by atoms with Gasteiger partial charge >= 0.3 is 0 Å². The lowest BCUT2D eigenvalue weighted by atomic mass is 9.96. The fraction of sp³-hybridized carbons (Fsp3) is 0.318. The van der Waals surface area contributed by atoms with Crippen molar-refractivity contribution in [1.82, 2.24) is 19.9 Å². The SMILES string of the molecule is NCCc1nc(N2CCC(c3nc4ccc(F)cc4[nH]3)CC2)c2ccccc2n1. The molecular formula is C22H23FN6. The first-order chi connectivity index (χ1) is 14.2. The molecule has 0 atom stereocenters. The molecule has 1 fully saturated rings. The number of nitrogens with one attached hydrogen (secondary N) is 1. The molecule has 29 heavy (non-hydrogen) atoms. The average Bonchev–Trinajstić information content (AvgIpc) is 3.17. The van der Waals surface area contributed by atoms with Crippen molar-refractivity contribution in [2.75, 3.05) is 24.5 Å². The molecule has 6 nitrogen and oxygen atoms in total. The number of anilines is 1. The summed E-state index contributed by atoms with van der Waals surface area (Å²) in [7, 11) is 0. The van der Waals surface area contributed by atoms with E-state index in [4.69, 9.17) is 10.7 Å². The van der Waals surface area contributed by atoms with Crippen molar-refractivity contribution in [1.29, 1.82) is 0 Å². The van der Waals surface area contributed by atoms with Crippen LogP contribution in [-0.4, -0.2) is 39.6 Å². The van der Waals surface area contributed by atoms with Gasteiger partial charge in [-0.15, -0.1) is 0 Å². The molecule has 7 heteroatoms. The van der Waals surface area contributed by atoms with E-state index >= 15 is 0 Å². The molecule has 0 unspecified atom stereocenters. The summed E-state index contributed by atoms with van der Waals surface area (Å²) in [6.07, 6.45) is 2.60. The summed E-state index contributed by atoms with van der Waals surface area (Å²) in [5, 5.41) is 1.07. The number of halogens is 1. The van der Waals surface area contributed by atoms with Gasteiger partial charge in [-0.25, -0.2) is 19.3 Å².